The molecule has 2 aromatic carbocycles. The Morgan fingerprint density at radius 2 is 1.74 bits per heavy atom. The van der Waals surface area contributed by atoms with E-state index in [4.69, 9.17) is 5.10 Å². The zero-order valence-corrected chi connectivity index (χ0v) is 21.2. The Morgan fingerprint density at radius 3 is 2.43 bits per heavy atom. The van der Waals surface area contributed by atoms with Gasteiger partial charge in [-0.3, -0.25) is 9.69 Å². The van der Waals surface area contributed by atoms with Crippen molar-refractivity contribution in [1.29, 1.82) is 0 Å². The lowest BCUT2D eigenvalue weighted by Crippen LogP contribution is -2.42. The normalized spacial score (nSPS) is 19.2. The van der Waals surface area contributed by atoms with Gasteiger partial charge in [-0.15, -0.1) is 0 Å². The molecule has 5 nitrogen and oxygen atoms in total. The van der Waals surface area contributed by atoms with E-state index in [2.05, 4.69) is 77.9 Å². The third-order valence-electron chi connectivity index (χ3n) is 7.76. The van der Waals surface area contributed by atoms with Gasteiger partial charge >= 0.3 is 0 Å². The van der Waals surface area contributed by atoms with E-state index in [1.165, 1.54) is 16.7 Å². The summed E-state index contributed by atoms with van der Waals surface area (Å²) in [6, 6.07) is 21.3. The van der Waals surface area contributed by atoms with Crippen molar-refractivity contribution in [3.63, 3.8) is 0 Å². The second kappa shape index (κ2) is 10.2. The molecule has 3 aromatic rings. The van der Waals surface area contributed by atoms with Crippen LogP contribution in [0.2, 0.25) is 0 Å². The van der Waals surface area contributed by atoms with Crippen LogP contribution in [0.1, 0.15) is 53.3 Å². The quantitative estimate of drug-likeness (QED) is 0.494. The van der Waals surface area contributed by atoms with Crippen molar-refractivity contribution in [2.75, 3.05) is 19.6 Å². The van der Waals surface area contributed by atoms with Crippen molar-refractivity contribution in [3.8, 4) is 0 Å². The number of likely N-dealkylation sites (tertiary alicyclic amines) is 1. The van der Waals surface area contributed by atoms with Crippen LogP contribution in [0.4, 0.5) is 0 Å². The summed E-state index contributed by atoms with van der Waals surface area (Å²) >= 11 is 0. The van der Waals surface area contributed by atoms with Gasteiger partial charge in [-0.2, -0.15) is 5.10 Å². The molecule has 1 aromatic heterocycles. The number of nitrogens with zero attached hydrogens (tertiary/aromatic N) is 4. The molecule has 2 aliphatic heterocycles. The highest BCUT2D eigenvalue weighted by atomic mass is 16.2. The maximum absolute atomic E-state index is 13.6. The second-order valence-corrected chi connectivity index (χ2v) is 10.3. The molecule has 2 aliphatic rings. The maximum atomic E-state index is 13.6. The van der Waals surface area contributed by atoms with Crippen LogP contribution in [-0.4, -0.2) is 45.7 Å². The molecule has 35 heavy (non-hydrogen) atoms. The van der Waals surface area contributed by atoms with Crippen LogP contribution in [-0.2, 0) is 18.3 Å². The van der Waals surface area contributed by atoms with E-state index in [-0.39, 0.29) is 11.9 Å². The van der Waals surface area contributed by atoms with Gasteiger partial charge in [-0.1, -0.05) is 42.5 Å². The van der Waals surface area contributed by atoms with Crippen molar-refractivity contribution < 1.29 is 4.79 Å². The SMILES string of the molecule is Cc1ccc(C2=NN(C(=O)CN3CCC(Cc4ccccc4)CC3)[C@@H](c3cccn3C)C2)cc1C. The molecule has 182 valence electrons. The van der Waals surface area contributed by atoms with Crippen LogP contribution in [0.5, 0.6) is 0 Å². The number of rotatable bonds is 6. The molecule has 0 N–H and O–H groups in total. The fourth-order valence-electron chi connectivity index (χ4n) is 5.45. The number of piperidine rings is 1. The fourth-order valence-corrected chi connectivity index (χ4v) is 5.45. The topological polar surface area (TPSA) is 40.8 Å². The van der Waals surface area contributed by atoms with E-state index in [0.29, 0.717) is 12.5 Å². The predicted octanol–water partition coefficient (Wildman–Crippen LogP) is 5.27. The van der Waals surface area contributed by atoms with E-state index in [1.54, 1.807) is 5.01 Å². The Kier molecular flexibility index (Phi) is 6.87. The molecule has 1 fully saturated rings. The first-order valence-corrected chi connectivity index (χ1v) is 12.8. The highest BCUT2D eigenvalue weighted by molar-refractivity contribution is 6.03. The monoisotopic (exact) mass is 468 g/mol. The molecular weight excluding hydrogens is 432 g/mol. The Labute approximate surface area is 209 Å². The molecule has 1 saturated heterocycles. The van der Waals surface area contributed by atoms with Gasteiger partial charge in [0.1, 0.15) is 6.04 Å². The standard InChI is InChI=1S/C30H36N4O/c1-22-11-12-26(18-23(22)2)27-20-29(28-10-7-15-32(28)3)34(31-27)30(35)21-33-16-13-25(14-17-33)19-24-8-5-4-6-9-24/h4-12,15,18,25,29H,13-14,16-17,19-21H2,1-3H3/t29-/m1/s1. The van der Waals surface area contributed by atoms with Crippen LogP contribution in [0.25, 0.3) is 0 Å². The molecule has 0 unspecified atom stereocenters. The Balaban J connectivity index is 1.27. The number of hydrogen-bond donors (Lipinski definition) is 0. The lowest BCUT2D eigenvalue weighted by atomic mass is 9.90. The van der Waals surface area contributed by atoms with Crippen LogP contribution in [0, 0.1) is 19.8 Å². The molecule has 0 aliphatic carbocycles. The van der Waals surface area contributed by atoms with Crippen LogP contribution in [0.15, 0.2) is 72.0 Å². The van der Waals surface area contributed by atoms with E-state index < -0.39 is 0 Å². The number of aromatic nitrogens is 1. The molecule has 0 spiro atoms. The smallest absolute Gasteiger partial charge is 0.257 e. The summed E-state index contributed by atoms with van der Waals surface area (Å²) in [5.41, 5.74) is 7.18. The van der Waals surface area contributed by atoms with Crippen molar-refractivity contribution in [3.05, 3.63) is 94.8 Å². The van der Waals surface area contributed by atoms with Gasteiger partial charge < -0.3 is 4.57 Å². The number of hydrogen-bond acceptors (Lipinski definition) is 3. The number of carbonyl (C=O) groups is 1. The first kappa shape index (κ1) is 23.6. The van der Waals surface area contributed by atoms with Gasteiger partial charge in [0.05, 0.1) is 12.3 Å². The van der Waals surface area contributed by atoms with Crippen LogP contribution >= 0.6 is 0 Å². The van der Waals surface area contributed by atoms with Gasteiger partial charge in [-0.25, -0.2) is 5.01 Å². The van der Waals surface area contributed by atoms with Gasteiger partial charge in [0.25, 0.3) is 5.91 Å². The third-order valence-corrected chi connectivity index (χ3v) is 7.76. The number of carbonyl (C=O) groups excluding carboxylic acids is 1. The summed E-state index contributed by atoms with van der Waals surface area (Å²) in [4.78, 5) is 15.9. The summed E-state index contributed by atoms with van der Waals surface area (Å²) < 4.78 is 2.11. The van der Waals surface area contributed by atoms with Crippen LogP contribution in [0.3, 0.4) is 0 Å². The Bertz CT molecular complexity index is 1200. The van der Waals surface area contributed by atoms with E-state index >= 15 is 0 Å². The highest BCUT2D eigenvalue weighted by Crippen LogP contribution is 2.33. The summed E-state index contributed by atoms with van der Waals surface area (Å²) in [6.07, 6.45) is 6.20. The molecule has 5 rings (SSSR count). The number of aryl methyl sites for hydroxylation is 3. The molecule has 3 heterocycles. The highest BCUT2D eigenvalue weighted by Gasteiger charge is 2.35. The summed E-state index contributed by atoms with van der Waals surface area (Å²) in [5, 5.41) is 6.66. The Morgan fingerprint density at radius 1 is 0.971 bits per heavy atom. The van der Waals surface area contributed by atoms with E-state index in [0.717, 1.165) is 55.7 Å². The lowest BCUT2D eigenvalue weighted by Gasteiger charge is -2.33. The van der Waals surface area contributed by atoms with Crippen molar-refractivity contribution in [1.82, 2.24) is 14.5 Å². The minimum Gasteiger partial charge on any atom is -0.353 e. The summed E-state index contributed by atoms with van der Waals surface area (Å²) in [6.45, 7) is 6.64. The largest absolute Gasteiger partial charge is 0.353 e. The zero-order chi connectivity index (χ0) is 24.4. The van der Waals surface area contributed by atoms with Gasteiger partial charge in [-0.05, 0) is 92.6 Å². The van der Waals surface area contributed by atoms with E-state index in [9.17, 15) is 4.79 Å². The van der Waals surface area contributed by atoms with Gasteiger partial charge in [0, 0.05) is 25.4 Å². The van der Waals surface area contributed by atoms with E-state index in [1.807, 2.05) is 19.3 Å². The molecule has 1 amide bonds. The number of hydrazone groups is 1. The summed E-state index contributed by atoms with van der Waals surface area (Å²) in [7, 11) is 2.05. The Hall–Kier alpha value is -3.18. The average Bonchev–Trinajstić information content (AvgIpc) is 3.49. The minimum absolute atomic E-state index is 0.0604. The molecule has 0 bridgehead atoms. The first-order valence-electron chi connectivity index (χ1n) is 12.8. The molecule has 0 saturated carbocycles. The molecule has 0 radical (unpaired) electrons. The van der Waals surface area contributed by atoms with Crippen LogP contribution < -0.4 is 0 Å². The maximum Gasteiger partial charge on any atom is 0.257 e. The first-order chi connectivity index (χ1) is 17.0. The van der Waals surface area contributed by atoms with Crippen molar-refractivity contribution in [2.24, 2.45) is 18.1 Å². The predicted molar refractivity (Wildman–Crippen MR) is 141 cm³/mol. The second-order valence-electron chi connectivity index (χ2n) is 10.3. The minimum atomic E-state index is -0.0604. The summed E-state index contributed by atoms with van der Waals surface area (Å²) in [5.74, 6) is 0.789. The number of benzene rings is 2. The van der Waals surface area contributed by atoms with Gasteiger partial charge in [0.2, 0.25) is 0 Å². The van der Waals surface area contributed by atoms with Gasteiger partial charge in [0.15, 0.2) is 0 Å². The molecule has 1 atom stereocenters. The lowest BCUT2D eigenvalue weighted by molar-refractivity contribution is -0.134. The molecular formula is C30H36N4O. The van der Waals surface area contributed by atoms with Crippen molar-refractivity contribution >= 4 is 11.6 Å². The fraction of sp³-hybridized carbons (Fsp3) is 0.400. The average molecular weight is 469 g/mol. The molecule has 5 heteroatoms. The number of amides is 1. The zero-order valence-electron chi connectivity index (χ0n) is 21.2. The third kappa shape index (κ3) is 5.25. The van der Waals surface area contributed by atoms with Crippen molar-refractivity contribution in [2.45, 2.75) is 45.6 Å².